The summed E-state index contributed by atoms with van der Waals surface area (Å²) in [5.41, 5.74) is 3.79. The number of benzene rings is 3. The maximum Gasteiger partial charge on any atom is 0.408 e. The molecule has 0 fully saturated rings. The van der Waals surface area contributed by atoms with Gasteiger partial charge >= 0.3 is 6.09 Å². The van der Waals surface area contributed by atoms with E-state index in [1.807, 2.05) is 100 Å². The molecule has 0 spiro atoms. The third-order valence-corrected chi connectivity index (χ3v) is 10.1. The van der Waals surface area contributed by atoms with Gasteiger partial charge in [0.25, 0.3) is 0 Å². The van der Waals surface area contributed by atoms with Crippen molar-refractivity contribution in [1.82, 2.24) is 26.3 Å². The van der Waals surface area contributed by atoms with Crippen molar-refractivity contribution in [2.75, 3.05) is 6.61 Å². The van der Waals surface area contributed by atoms with E-state index in [0.29, 0.717) is 12.1 Å². The zero-order valence-corrected chi connectivity index (χ0v) is 32.2. The van der Waals surface area contributed by atoms with E-state index >= 15 is 0 Å². The van der Waals surface area contributed by atoms with Gasteiger partial charge in [-0.05, 0) is 40.2 Å². The van der Waals surface area contributed by atoms with E-state index in [4.69, 9.17) is 4.74 Å². The third kappa shape index (κ3) is 12.9. The van der Waals surface area contributed by atoms with Crippen LogP contribution in [-0.4, -0.2) is 75.9 Å². The fraction of sp³-hybridized carbons (Fsp3) is 0.439. The lowest BCUT2D eigenvalue weighted by molar-refractivity contribution is -0.131. The van der Waals surface area contributed by atoms with Crippen molar-refractivity contribution in [2.45, 2.75) is 96.7 Å². The Kier molecular flexibility index (Phi) is 16.4. The number of rotatable bonds is 20. The first kappa shape index (κ1) is 41.9. The second kappa shape index (κ2) is 21.1. The van der Waals surface area contributed by atoms with Gasteiger partial charge in [-0.2, -0.15) is 0 Å². The molecule has 13 heteroatoms. The van der Waals surface area contributed by atoms with Crippen LogP contribution in [0.5, 0.6) is 0 Å². The Morgan fingerprint density at radius 3 is 2.19 bits per heavy atom. The number of carbonyl (C=O) groups excluding carboxylic acids is 4. The molecule has 4 aromatic rings. The lowest BCUT2D eigenvalue weighted by Gasteiger charge is -2.29. The fourth-order valence-electron chi connectivity index (χ4n) is 6.19. The van der Waals surface area contributed by atoms with Gasteiger partial charge in [-0.1, -0.05) is 107 Å². The van der Waals surface area contributed by atoms with Gasteiger partial charge in [0.2, 0.25) is 17.7 Å². The molecular weight excluding hydrogens is 707 g/mol. The highest BCUT2D eigenvalue weighted by atomic mass is 32.1. The molecule has 0 saturated heterocycles. The number of nitrogens with zero attached hydrogens (tertiary/aromatic N) is 1. The molecule has 6 N–H and O–H groups in total. The van der Waals surface area contributed by atoms with E-state index in [1.54, 1.807) is 10.9 Å². The van der Waals surface area contributed by atoms with Crippen LogP contribution in [0.4, 0.5) is 4.79 Å². The van der Waals surface area contributed by atoms with Gasteiger partial charge in [-0.3, -0.25) is 14.4 Å². The minimum atomic E-state index is -1.25. The molecule has 0 saturated carbocycles. The highest BCUT2D eigenvalue weighted by Gasteiger charge is 2.32. The number of ether oxygens (including phenoxy) is 1. The Morgan fingerprint density at radius 1 is 0.815 bits per heavy atom. The van der Waals surface area contributed by atoms with Crippen LogP contribution in [-0.2, 0) is 38.6 Å². The third-order valence-electron chi connectivity index (χ3n) is 9.44. The quantitative estimate of drug-likeness (QED) is 0.0753. The molecule has 6 atom stereocenters. The number of amides is 4. The monoisotopic (exact) mass is 759 g/mol. The zero-order chi connectivity index (χ0) is 39.0. The molecule has 0 radical (unpaired) electrons. The summed E-state index contributed by atoms with van der Waals surface area (Å²) >= 11 is 1.35. The summed E-state index contributed by atoms with van der Waals surface area (Å²) in [4.78, 5) is 58.7. The van der Waals surface area contributed by atoms with Crippen molar-refractivity contribution in [2.24, 2.45) is 11.8 Å². The lowest BCUT2D eigenvalue weighted by Crippen LogP contribution is -2.57. The Labute approximate surface area is 321 Å². The predicted octanol–water partition coefficient (Wildman–Crippen LogP) is 4.67. The summed E-state index contributed by atoms with van der Waals surface area (Å²) in [7, 11) is 0. The minimum absolute atomic E-state index is 0.0000112. The number of carbonyl (C=O) groups is 4. The molecular formula is C41H53N5O7S. The number of aliphatic hydroxyl groups excluding tert-OH is 2. The summed E-state index contributed by atoms with van der Waals surface area (Å²) in [6.07, 6.45) is -1.09. The molecule has 3 aromatic carbocycles. The first-order chi connectivity index (χ1) is 26.0. The molecule has 4 amide bonds. The number of nitrogens with one attached hydrogen (secondary N) is 4. The molecule has 12 nitrogen and oxygen atoms in total. The first-order valence-corrected chi connectivity index (χ1v) is 19.4. The Hall–Kier alpha value is -4.85. The molecule has 4 rings (SSSR count). The van der Waals surface area contributed by atoms with Crippen molar-refractivity contribution in [1.29, 1.82) is 0 Å². The zero-order valence-electron chi connectivity index (χ0n) is 31.4. The van der Waals surface area contributed by atoms with Crippen molar-refractivity contribution in [3.8, 4) is 0 Å². The number of hydrogen-bond donors (Lipinski definition) is 6. The summed E-state index contributed by atoms with van der Waals surface area (Å²) in [6, 6.07) is 19.1. The molecule has 290 valence electrons. The average Bonchev–Trinajstić information content (AvgIpc) is 3.68. The molecule has 1 heterocycles. The van der Waals surface area contributed by atoms with Gasteiger partial charge in [0.05, 0.1) is 42.4 Å². The predicted molar refractivity (Wildman–Crippen MR) is 209 cm³/mol. The van der Waals surface area contributed by atoms with Crippen LogP contribution in [0.15, 0.2) is 83.7 Å². The average molecular weight is 760 g/mol. The van der Waals surface area contributed by atoms with E-state index in [1.165, 1.54) is 11.3 Å². The smallest absolute Gasteiger partial charge is 0.408 e. The first-order valence-electron chi connectivity index (χ1n) is 18.5. The SMILES string of the molecule is CCC(C)[C@@H](CO)NC(=O)CC(O)C(CC(C)C)NC(=O)[C@H](Cc1cscn1)NC(=O)[C@H](Cc1cccc2ccccc12)NC(=O)OCc1ccccc1. The van der Waals surface area contributed by atoms with E-state index in [-0.39, 0.29) is 44.3 Å². The molecule has 0 aliphatic rings. The van der Waals surface area contributed by atoms with Crippen LogP contribution in [0.3, 0.4) is 0 Å². The number of fused-ring (bicyclic) bond motifs is 1. The highest BCUT2D eigenvalue weighted by molar-refractivity contribution is 7.07. The van der Waals surface area contributed by atoms with Crippen LogP contribution in [0, 0.1) is 11.8 Å². The molecule has 0 aliphatic heterocycles. The van der Waals surface area contributed by atoms with E-state index in [2.05, 4.69) is 26.3 Å². The molecule has 54 heavy (non-hydrogen) atoms. The maximum absolute atomic E-state index is 14.2. The largest absolute Gasteiger partial charge is 0.445 e. The summed E-state index contributed by atoms with van der Waals surface area (Å²) < 4.78 is 5.48. The second-order valence-corrected chi connectivity index (χ2v) is 14.8. The topological polar surface area (TPSA) is 179 Å². The van der Waals surface area contributed by atoms with E-state index in [9.17, 15) is 29.4 Å². The van der Waals surface area contributed by atoms with Gasteiger partial charge in [-0.15, -0.1) is 11.3 Å². The number of aromatic nitrogens is 1. The molecule has 0 bridgehead atoms. The van der Waals surface area contributed by atoms with Crippen molar-refractivity contribution in [3.63, 3.8) is 0 Å². The number of alkyl carbamates (subject to hydrolysis) is 1. The van der Waals surface area contributed by atoms with Gasteiger partial charge in [-0.25, -0.2) is 9.78 Å². The van der Waals surface area contributed by atoms with Crippen molar-refractivity contribution >= 4 is 45.9 Å². The van der Waals surface area contributed by atoms with Crippen LogP contribution in [0.2, 0.25) is 0 Å². The maximum atomic E-state index is 14.2. The van der Waals surface area contributed by atoms with Crippen molar-refractivity contribution in [3.05, 3.63) is 101 Å². The highest BCUT2D eigenvalue weighted by Crippen LogP contribution is 2.21. The normalized spacial score (nSPS) is 14.6. The summed E-state index contributed by atoms with van der Waals surface area (Å²) in [5.74, 6) is -1.57. The van der Waals surface area contributed by atoms with Gasteiger partial charge < -0.3 is 36.2 Å². The standard InChI is InChI=1S/C41H53N5O7S/c1-5-27(4)36(22-47)43-38(49)21-37(48)33(18-26(2)3)44-40(51)35(20-31-24-54-25-42-31)45-39(50)34(46-41(52)53-23-28-12-7-6-8-13-28)19-30-16-11-15-29-14-9-10-17-32(29)30/h6-17,24-27,33-37,47-48H,5,18-23H2,1-4H3,(H,43,49)(H,44,51)(H,45,50)(H,46,52)/t27?,33?,34-,35-,36+,37?/m0/s1. The fourth-order valence-corrected chi connectivity index (χ4v) is 6.76. The Balaban J connectivity index is 1.55. The van der Waals surface area contributed by atoms with E-state index in [0.717, 1.165) is 28.3 Å². The number of thiazole rings is 1. The molecule has 0 aliphatic carbocycles. The van der Waals surface area contributed by atoms with Crippen molar-refractivity contribution < 1.29 is 34.1 Å². The van der Waals surface area contributed by atoms with Crippen LogP contribution in [0.25, 0.3) is 10.8 Å². The minimum Gasteiger partial charge on any atom is -0.445 e. The number of hydrogen-bond acceptors (Lipinski definition) is 9. The van der Waals surface area contributed by atoms with Gasteiger partial charge in [0.1, 0.15) is 18.7 Å². The molecule has 3 unspecified atom stereocenters. The Morgan fingerprint density at radius 2 is 1.50 bits per heavy atom. The van der Waals surface area contributed by atoms with Gasteiger partial charge in [0.15, 0.2) is 0 Å². The second-order valence-electron chi connectivity index (χ2n) is 14.1. The number of aliphatic hydroxyl groups is 2. The lowest BCUT2D eigenvalue weighted by atomic mass is 9.95. The summed E-state index contributed by atoms with van der Waals surface area (Å²) in [6.45, 7) is 7.52. The van der Waals surface area contributed by atoms with Gasteiger partial charge in [0, 0.05) is 18.2 Å². The summed E-state index contributed by atoms with van der Waals surface area (Å²) in [5, 5.41) is 36.0. The van der Waals surface area contributed by atoms with Crippen LogP contribution in [0.1, 0.15) is 63.8 Å². The van der Waals surface area contributed by atoms with E-state index < -0.39 is 54.1 Å². The van der Waals surface area contributed by atoms with Crippen LogP contribution < -0.4 is 21.3 Å². The Bertz CT molecular complexity index is 1780. The van der Waals surface area contributed by atoms with Crippen LogP contribution >= 0.6 is 11.3 Å². The molecule has 1 aromatic heterocycles.